The lowest BCUT2D eigenvalue weighted by Crippen LogP contribution is -2.62. The fraction of sp³-hybridized carbons (Fsp3) is 0.773. The first kappa shape index (κ1) is 17.4. The van der Waals surface area contributed by atoms with Crippen LogP contribution in [0.3, 0.4) is 0 Å². The van der Waals surface area contributed by atoms with Crippen molar-refractivity contribution in [2.45, 2.75) is 52.4 Å². The van der Waals surface area contributed by atoms with E-state index in [1.165, 1.54) is 6.92 Å². The summed E-state index contributed by atoms with van der Waals surface area (Å²) in [6.07, 6.45) is 10.9. The highest BCUT2D eigenvalue weighted by molar-refractivity contribution is 5.98. The Kier molecular flexibility index (Phi) is 3.67. The molecular weight excluding hydrogens is 344 g/mol. The molecule has 27 heavy (non-hydrogen) atoms. The van der Waals surface area contributed by atoms with Crippen LogP contribution in [0.4, 0.5) is 0 Å². The van der Waals surface area contributed by atoms with E-state index in [0.29, 0.717) is 24.4 Å². The van der Waals surface area contributed by atoms with Gasteiger partial charge in [-0.1, -0.05) is 25.5 Å². The highest BCUT2D eigenvalue weighted by Crippen LogP contribution is 2.70. The van der Waals surface area contributed by atoms with Gasteiger partial charge < -0.3 is 9.47 Å². The van der Waals surface area contributed by atoms with Crippen molar-refractivity contribution in [3.05, 3.63) is 12.2 Å². The third-order valence-corrected chi connectivity index (χ3v) is 8.70. The van der Waals surface area contributed by atoms with Gasteiger partial charge in [-0.25, -0.2) is 0 Å². The number of cyclic esters (lactones) is 2. The number of allylic oxidation sites excluding steroid dienone is 2. The van der Waals surface area contributed by atoms with Crippen LogP contribution in [0, 0.1) is 46.3 Å². The summed E-state index contributed by atoms with van der Waals surface area (Å²) in [6.45, 7) is 4.17. The van der Waals surface area contributed by atoms with Gasteiger partial charge in [0, 0.05) is 17.8 Å². The Balaban J connectivity index is 1.56. The summed E-state index contributed by atoms with van der Waals surface area (Å²) in [6, 6.07) is 0. The lowest BCUT2D eigenvalue weighted by Gasteiger charge is -2.64. The predicted molar refractivity (Wildman–Crippen MR) is 96.1 cm³/mol. The fourth-order valence-electron chi connectivity index (χ4n) is 7.71. The number of esters is 3. The number of rotatable bonds is 2. The van der Waals surface area contributed by atoms with Crippen molar-refractivity contribution >= 4 is 17.9 Å². The molecule has 146 valence electrons. The third kappa shape index (κ3) is 2.20. The van der Waals surface area contributed by atoms with Crippen molar-refractivity contribution < 1.29 is 23.9 Å². The van der Waals surface area contributed by atoms with Crippen molar-refractivity contribution in [2.75, 3.05) is 6.61 Å². The van der Waals surface area contributed by atoms with Crippen molar-refractivity contribution in [1.82, 2.24) is 0 Å². The molecule has 6 aliphatic rings. The molecule has 0 aromatic carbocycles. The predicted octanol–water partition coefficient (Wildman–Crippen LogP) is 3.27. The first-order valence-electron chi connectivity index (χ1n) is 10.4. The maximum absolute atomic E-state index is 12.8. The molecule has 1 spiro atoms. The smallest absolute Gasteiger partial charge is 0.318 e. The average Bonchev–Trinajstić information content (AvgIpc) is 2.96. The fourth-order valence-corrected chi connectivity index (χ4v) is 7.71. The van der Waals surface area contributed by atoms with E-state index in [9.17, 15) is 14.4 Å². The molecule has 1 heterocycles. The summed E-state index contributed by atoms with van der Waals surface area (Å²) in [7, 11) is 0. The average molecular weight is 372 g/mol. The minimum atomic E-state index is -0.308. The van der Waals surface area contributed by atoms with E-state index in [-0.39, 0.29) is 46.5 Å². The van der Waals surface area contributed by atoms with Gasteiger partial charge in [0.25, 0.3) is 0 Å². The minimum absolute atomic E-state index is 0.0571. The maximum Gasteiger partial charge on any atom is 0.318 e. The summed E-state index contributed by atoms with van der Waals surface area (Å²) in [5, 5.41) is 0. The molecule has 5 heteroatoms. The van der Waals surface area contributed by atoms with Crippen LogP contribution in [0.1, 0.15) is 52.4 Å². The standard InChI is InChI=1S/C22H28O5/c1-12(23)26-11-21(2)8-3-4-16-15(21)6-5-14-10-13-7-9-22(14,16)18-17(13)19(24)27-20(18)25/h7,9,13-18H,3-6,8,10-11H2,1-2H3. The monoisotopic (exact) mass is 372 g/mol. The van der Waals surface area contributed by atoms with Crippen LogP contribution in [-0.4, -0.2) is 24.5 Å². The molecule has 2 bridgehead atoms. The van der Waals surface area contributed by atoms with Gasteiger partial charge in [0.05, 0.1) is 18.4 Å². The molecule has 0 aromatic rings. The zero-order valence-corrected chi connectivity index (χ0v) is 16.1. The molecule has 0 aromatic heterocycles. The first-order valence-corrected chi connectivity index (χ1v) is 10.4. The molecule has 1 saturated heterocycles. The Bertz CT molecular complexity index is 741. The topological polar surface area (TPSA) is 69.7 Å². The summed E-state index contributed by atoms with van der Waals surface area (Å²) in [5.74, 6) is -0.0259. The van der Waals surface area contributed by atoms with E-state index in [1.54, 1.807) is 0 Å². The normalized spacial score (nSPS) is 49.9. The molecule has 0 amide bonds. The van der Waals surface area contributed by atoms with Gasteiger partial charge in [0.15, 0.2) is 0 Å². The lowest BCUT2D eigenvalue weighted by molar-refractivity contribution is -0.171. The van der Waals surface area contributed by atoms with Gasteiger partial charge in [-0.2, -0.15) is 0 Å². The Morgan fingerprint density at radius 3 is 2.81 bits per heavy atom. The number of carbonyl (C=O) groups is 3. The Morgan fingerprint density at radius 2 is 2.04 bits per heavy atom. The van der Waals surface area contributed by atoms with Gasteiger partial charge in [-0.3, -0.25) is 14.4 Å². The van der Waals surface area contributed by atoms with Crippen molar-refractivity contribution in [3.8, 4) is 0 Å². The summed E-state index contributed by atoms with van der Waals surface area (Å²) < 4.78 is 10.6. The van der Waals surface area contributed by atoms with E-state index in [2.05, 4.69) is 19.1 Å². The highest BCUT2D eigenvalue weighted by atomic mass is 16.6. The zero-order chi connectivity index (χ0) is 19.0. The Hall–Kier alpha value is -1.65. The van der Waals surface area contributed by atoms with Gasteiger partial charge >= 0.3 is 17.9 Å². The van der Waals surface area contributed by atoms with E-state index in [1.807, 2.05) is 0 Å². The van der Waals surface area contributed by atoms with Gasteiger partial charge in [0.2, 0.25) is 0 Å². The quantitative estimate of drug-likeness (QED) is 0.423. The minimum Gasteiger partial charge on any atom is -0.465 e. The number of fused-ring (bicyclic) bond motifs is 1. The summed E-state index contributed by atoms with van der Waals surface area (Å²) >= 11 is 0. The first-order chi connectivity index (χ1) is 12.9. The molecule has 8 unspecified atom stereocenters. The SMILES string of the molecule is CC(=O)OCC1(C)CCCC2C1CCC1CC3C=CC12C1C(=O)OC(=O)C31. The van der Waals surface area contributed by atoms with Crippen LogP contribution in [0.15, 0.2) is 12.2 Å². The molecule has 0 N–H and O–H groups in total. The molecule has 0 radical (unpaired) electrons. The summed E-state index contributed by atoms with van der Waals surface area (Å²) in [4.78, 5) is 36.6. The highest BCUT2D eigenvalue weighted by Gasteiger charge is 2.70. The van der Waals surface area contributed by atoms with Crippen molar-refractivity contribution in [2.24, 2.45) is 46.3 Å². The van der Waals surface area contributed by atoms with Crippen LogP contribution in [0.2, 0.25) is 0 Å². The summed E-state index contributed by atoms with van der Waals surface area (Å²) in [5.41, 5.74) is -0.304. The molecule has 8 atom stereocenters. The van der Waals surface area contributed by atoms with E-state index < -0.39 is 0 Å². The largest absolute Gasteiger partial charge is 0.465 e. The molecular formula is C22H28O5. The van der Waals surface area contributed by atoms with Crippen LogP contribution < -0.4 is 0 Å². The number of carbonyl (C=O) groups excluding carboxylic acids is 3. The molecule has 1 aliphatic heterocycles. The number of hydrogen-bond acceptors (Lipinski definition) is 5. The van der Waals surface area contributed by atoms with Crippen molar-refractivity contribution in [1.29, 1.82) is 0 Å². The molecule has 6 rings (SSSR count). The second-order valence-electron chi connectivity index (χ2n) is 9.82. The van der Waals surface area contributed by atoms with Crippen LogP contribution in [0.25, 0.3) is 0 Å². The van der Waals surface area contributed by atoms with E-state index in [0.717, 1.165) is 38.5 Å². The number of hydrogen-bond donors (Lipinski definition) is 0. The second-order valence-corrected chi connectivity index (χ2v) is 9.82. The Morgan fingerprint density at radius 1 is 1.22 bits per heavy atom. The number of ether oxygens (including phenoxy) is 2. The van der Waals surface area contributed by atoms with Gasteiger partial charge in [-0.05, 0) is 55.8 Å². The third-order valence-electron chi connectivity index (χ3n) is 8.70. The van der Waals surface area contributed by atoms with Crippen LogP contribution in [0.5, 0.6) is 0 Å². The van der Waals surface area contributed by atoms with E-state index in [4.69, 9.17) is 9.47 Å². The van der Waals surface area contributed by atoms with Gasteiger partial charge in [0.1, 0.15) is 0 Å². The van der Waals surface area contributed by atoms with E-state index >= 15 is 0 Å². The molecule has 4 fully saturated rings. The van der Waals surface area contributed by atoms with Gasteiger partial charge in [-0.15, -0.1) is 0 Å². The van der Waals surface area contributed by atoms with Crippen molar-refractivity contribution in [3.63, 3.8) is 0 Å². The molecule has 3 saturated carbocycles. The lowest BCUT2D eigenvalue weighted by atomic mass is 9.38. The second kappa shape index (κ2) is 5.68. The Labute approximate surface area is 159 Å². The van der Waals surface area contributed by atoms with Crippen LogP contribution in [-0.2, 0) is 23.9 Å². The molecule has 5 nitrogen and oxygen atoms in total. The molecule has 5 aliphatic carbocycles. The zero-order valence-electron chi connectivity index (χ0n) is 16.1. The van der Waals surface area contributed by atoms with Crippen LogP contribution >= 0.6 is 0 Å². The maximum atomic E-state index is 12.8.